The number of benzene rings is 2. The smallest absolute Gasteiger partial charge is 0.340 e. The van der Waals surface area contributed by atoms with Crippen molar-refractivity contribution in [3.05, 3.63) is 47.5 Å². The number of amides is 1. The molecular formula is C22H28N2O7S. The molecule has 0 atom stereocenters. The third kappa shape index (κ3) is 6.44. The van der Waals surface area contributed by atoms with E-state index in [1.54, 1.807) is 26.0 Å². The Kier molecular flexibility index (Phi) is 8.62. The van der Waals surface area contributed by atoms with Crippen LogP contribution in [0.5, 0.6) is 11.5 Å². The minimum absolute atomic E-state index is 0.116. The summed E-state index contributed by atoms with van der Waals surface area (Å²) in [7, 11) is 0.553. The van der Waals surface area contributed by atoms with E-state index in [4.69, 9.17) is 14.2 Å². The highest BCUT2D eigenvalue weighted by molar-refractivity contribution is 7.89. The standard InChI is InChI=1S/C22H28N2O7S/c1-14(2)24-32(27,28)16-9-6-15(7-10-16)8-11-21(25)23-18-13-20(30-4)19(29-3)12-17(18)22(26)31-5/h6-7,9-10,12-14,24H,8,11H2,1-5H3,(H,23,25). The second-order valence-electron chi connectivity index (χ2n) is 7.21. The fraction of sp³-hybridized carbons (Fsp3) is 0.364. The number of carbonyl (C=O) groups is 2. The molecule has 174 valence electrons. The second kappa shape index (κ2) is 11.0. The highest BCUT2D eigenvalue weighted by Gasteiger charge is 2.19. The van der Waals surface area contributed by atoms with Gasteiger partial charge < -0.3 is 19.5 Å². The summed E-state index contributed by atoms with van der Waals surface area (Å²) in [6.07, 6.45) is 0.496. The van der Waals surface area contributed by atoms with Crippen LogP contribution in [0, 0.1) is 0 Å². The van der Waals surface area contributed by atoms with Gasteiger partial charge in [-0.3, -0.25) is 4.79 Å². The summed E-state index contributed by atoms with van der Waals surface area (Å²) in [5.74, 6) is -0.288. The molecule has 0 aliphatic carbocycles. The maximum absolute atomic E-state index is 12.5. The molecule has 32 heavy (non-hydrogen) atoms. The third-order valence-electron chi connectivity index (χ3n) is 4.47. The Hall–Kier alpha value is -3.11. The van der Waals surface area contributed by atoms with Crippen LogP contribution < -0.4 is 19.5 Å². The zero-order chi connectivity index (χ0) is 23.9. The average molecular weight is 465 g/mol. The molecule has 0 aliphatic rings. The maximum Gasteiger partial charge on any atom is 0.340 e. The molecule has 0 bridgehead atoms. The first-order chi connectivity index (χ1) is 15.1. The molecule has 0 aliphatic heterocycles. The lowest BCUT2D eigenvalue weighted by Crippen LogP contribution is -2.30. The molecular weight excluding hydrogens is 436 g/mol. The van der Waals surface area contributed by atoms with Gasteiger partial charge in [-0.15, -0.1) is 0 Å². The fourth-order valence-corrected chi connectivity index (χ4v) is 4.20. The first-order valence-corrected chi connectivity index (χ1v) is 11.3. The van der Waals surface area contributed by atoms with Gasteiger partial charge in [-0.2, -0.15) is 0 Å². The van der Waals surface area contributed by atoms with E-state index in [1.807, 2.05) is 0 Å². The minimum atomic E-state index is -3.57. The summed E-state index contributed by atoms with van der Waals surface area (Å²) in [4.78, 5) is 24.8. The van der Waals surface area contributed by atoms with Crippen LogP contribution in [0.25, 0.3) is 0 Å². The summed E-state index contributed by atoms with van der Waals surface area (Å²) in [5.41, 5.74) is 1.16. The average Bonchev–Trinajstić information content (AvgIpc) is 2.76. The molecule has 0 spiro atoms. The van der Waals surface area contributed by atoms with Crippen molar-refractivity contribution in [2.24, 2.45) is 0 Å². The molecule has 2 aromatic carbocycles. The maximum atomic E-state index is 12.5. The number of esters is 1. The Bertz CT molecular complexity index is 1060. The van der Waals surface area contributed by atoms with Crippen LogP contribution in [0.2, 0.25) is 0 Å². The Morgan fingerprint density at radius 2 is 1.56 bits per heavy atom. The molecule has 0 heterocycles. The molecule has 2 N–H and O–H groups in total. The number of carbonyl (C=O) groups excluding carboxylic acids is 2. The lowest BCUT2D eigenvalue weighted by molar-refractivity contribution is -0.116. The van der Waals surface area contributed by atoms with Crippen LogP contribution in [-0.4, -0.2) is 47.7 Å². The molecule has 0 aromatic heterocycles. The number of sulfonamides is 1. The van der Waals surface area contributed by atoms with Crippen molar-refractivity contribution >= 4 is 27.6 Å². The van der Waals surface area contributed by atoms with Crippen LogP contribution in [0.15, 0.2) is 41.3 Å². The summed E-state index contributed by atoms with van der Waals surface area (Å²) < 4.78 is 42.1. The predicted octanol–water partition coefficient (Wildman–Crippen LogP) is 2.75. The molecule has 0 fully saturated rings. The van der Waals surface area contributed by atoms with Gasteiger partial charge in [0, 0.05) is 24.6 Å². The van der Waals surface area contributed by atoms with Crippen molar-refractivity contribution in [2.45, 2.75) is 37.6 Å². The van der Waals surface area contributed by atoms with Crippen molar-refractivity contribution in [3.8, 4) is 11.5 Å². The Balaban J connectivity index is 2.11. The van der Waals surface area contributed by atoms with E-state index in [0.29, 0.717) is 17.9 Å². The fourth-order valence-electron chi connectivity index (χ4n) is 2.95. The quantitative estimate of drug-likeness (QED) is 0.519. The van der Waals surface area contributed by atoms with Crippen LogP contribution in [-0.2, 0) is 26.0 Å². The Morgan fingerprint density at radius 3 is 2.09 bits per heavy atom. The monoisotopic (exact) mass is 464 g/mol. The summed E-state index contributed by atoms with van der Waals surface area (Å²) in [6.45, 7) is 3.49. The molecule has 2 aromatic rings. The summed E-state index contributed by atoms with van der Waals surface area (Å²) in [6, 6.07) is 9.05. The minimum Gasteiger partial charge on any atom is -0.493 e. The molecule has 9 nitrogen and oxygen atoms in total. The van der Waals surface area contributed by atoms with Crippen LogP contribution in [0.1, 0.15) is 36.2 Å². The predicted molar refractivity (Wildman–Crippen MR) is 120 cm³/mol. The van der Waals surface area contributed by atoms with Gasteiger partial charge in [-0.1, -0.05) is 12.1 Å². The second-order valence-corrected chi connectivity index (χ2v) is 8.93. The van der Waals surface area contributed by atoms with Gasteiger partial charge in [0.1, 0.15) is 0 Å². The number of hydrogen-bond acceptors (Lipinski definition) is 7. The zero-order valence-electron chi connectivity index (χ0n) is 18.7. The number of aryl methyl sites for hydroxylation is 1. The number of ether oxygens (including phenoxy) is 3. The first-order valence-electron chi connectivity index (χ1n) is 9.86. The Morgan fingerprint density at radius 1 is 0.969 bits per heavy atom. The van der Waals surface area contributed by atoms with Crippen LogP contribution in [0.3, 0.4) is 0 Å². The number of anilines is 1. The number of hydrogen-bond donors (Lipinski definition) is 2. The van der Waals surface area contributed by atoms with Gasteiger partial charge in [0.25, 0.3) is 0 Å². The van der Waals surface area contributed by atoms with Gasteiger partial charge >= 0.3 is 5.97 Å². The van der Waals surface area contributed by atoms with Crippen molar-refractivity contribution < 1.29 is 32.2 Å². The van der Waals surface area contributed by atoms with E-state index < -0.39 is 16.0 Å². The van der Waals surface area contributed by atoms with Gasteiger partial charge in [-0.25, -0.2) is 17.9 Å². The van der Waals surface area contributed by atoms with Crippen molar-refractivity contribution in [3.63, 3.8) is 0 Å². The molecule has 0 saturated heterocycles. The lowest BCUT2D eigenvalue weighted by Gasteiger charge is -2.14. The van der Waals surface area contributed by atoms with E-state index in [-0.39, 0.29) is 34.5 Å². The molecule has 1 amide bonds. The highest BCUT2D eigenvalue weighted by atomic mass is 32.2. The lowest BCUT2D eigenvalue weighted by atomic mass is 10.1. The topological polar surface area (TPSA) is 120 Å². The van der Waals surface area contributed by atoms with Crippen molar-refractivity contribution in [2.75, 3.05) is 26.6 Å². The molecule has 0 unspecified atom stereocenters. The van der Waals surface area contributed by atoms with Crippen molar-refractivity contribution in [1.29, 1.82) is 0 Å². The van der Waals surface area contributed by atoms with Crippen LogP contribution >= 0.6 is 0 Å². The number of nitrogens with one attached hydrogen (secondary N) is 2. The van der Waals surface area contributed by atoms with E-state index in [2.05, 4.69) is 10.0 Å². The van der Waals surface area contributed by atoms with Crippen LogP contribution in [0.4, 0.5) is 5.69 Å². The van der Waals surface area contributed by atoms with E-state index in [0.717, 1.165) is 5.56 Å². The normalized spacial score (nSPS) is 11.2. The SMILES string of the molecule is COC(=O)c1cc(OC)c(OC)cc1NC(=O)CCc1ccc(S(=O)(=O)NC(C)C)cc1. The van der Waals surface area contributed by atoms with Gasteiger partial charge in [0.15, 0.2) is 11.5 Å². The molecule has 0 radical (unpaired) electrons. The molecule has 0 saturated carbocycles. The van der Waals surface area contributed by atoms with Gasteiger partial charge in [0.05, 0.1) is 37.5 Å². The summed E-state index contributed by atoms with van der Waals surface area (Å²) >= 11 is 0. The first kappa shape index (κ1) is 25.2. The highest BCUT2D eigenvalue weighted by Crippen LogP contribution is 2.33. The van der Waals surface area contributed by atoms with E-state index in [9.17, 15) is 18.0 Å². The van der Waals surface area contributed by atoms with E-state index in [1.165, 1.54) is 45.6 Å². The van der Waals surface area contributed by atoms with Gasteiger partial charge in [-0.05, 0) is 38.0 Å². The van der Waals surface area contributed by atoms with Crippen molar-refractivity contribution in [1.82, 2.24) is 4.72 Å². The van der Waals surface area contributed by atoms with E-state index >= 15 is 0 Å². The third-order valence-corrected chi connectivity index (χ3v) is 6.14. The summed E-state index contributed by atoms with van der Waals surface area (Å²) in [5, 5.41) is 2.70. The Labute approximate surface area is 188 Å². The number of rotatable bonds is 10. The largest absolute Gasteiger partial charge is 0.493 e. The molecule has 10 heteroatoms. The molecule has 2 rings (SSSR count). The van der Waals surface area contributed by atoms with Gasteiger partial charge in [0.2, 0.25) is 15.9 Å². The number of methoxy groups -OCH3 is 3. The zero-order valence-corrected chi connectivity index (χ0v) is 19.5.